The monoisotopic (exact) mass is 370 g/mol. The summed E-state index contributed by atoms with van der Waals surface area (Å²) in [6.45, 7) is 2.08. The van der Waals surface area contributed by atoms with Crippen LogP contribution in [0.2, 0.25) is 10.0 Å². The molecule has 1 heterocycles. The number of halogens is 3. The number of fused-ring (bicyclic) bond motifs is 1. The van der Waals surface area contributed by atoms with Gasteiger partial charge in [-0.25, -0.2) is 0 Å². The Morgan fingerprint density at radius 2 is 2.05 bits per heavy atom. The van der Waals surface area contributed by atoms with E-state index in [2.05, 4.69) is 35.0 Å². The summed E-state index contributed by atoms with van der Waals surface area (Å²) in [7, 11) is 0. The van der Waals surface area contributed by atoms with Crippen molar-refractivity contribution in [3.63, 3.8) is 0 Å². The number of alkyl halides is 1. The normalized spacial score (nSPS) is 18.5. The molecule has 0 bridgehead atoms. The number of ether oxygens (including phenoxy) is 1. The molecule has 2 aromatic carbocycles. The molecule has 1 aliphatic rings. The highest BCUT2D eigenvalue weighted by molar-refractivity contribution is 9.09. The first-order valence-corrected chi connectivity index (χ1v) is 8.11. The van der Waals surface area contributed by atoms with Crippen molar-refractivity contribution >= 4 is 39.1 Å². The minimum absolute atomic E-state index is 0.0231. The molecule has 0 radical (unpaired) electrons. The molecular formula is C16H13BrCl2O. The second kappa shape index (κ2) is 5.59. The van der Waals surface area contributed by atoms with E-state index >= 15 is 0 Å². The zero-order valence-corrected chi connectivity index (χ0v) is 14.0. The van der Waals surface area contributed by atoms with Crippen molar-refractivity contribution in [1.82, 2.24) is 0 Å². The average molecular weight is 372 g/mol. The molecule has 0 N–H and O–H groups in total. The van der Waals surface area contributed by atoms with Crippen LogP contribution in [0.1, 0.15) is 28.4 Å². The summed E-state index contributed by atoms with van der Waals surface area (Å²) in [5, 5.41) is 1.17. The van der Waals surface area contributed by atoms with E-state index in [-0.39, 0.29) is 10.9 Å². The topological polar surface area (TPSA) is 9.23 Å². The quantitative estimate of drug-likeness (QED) is 0.606. The fraction of sp³-hybridized carbons (Fsp3) is 0.250. The molecule has 2 aromatic rings. The molecule has 2 unspecified atom stereocenters. The Hall–Kier alpha value is -0.700. The summed E-state index contributed by atoms with van der Waals surface area (Å²) in [6, 6.07) is 12.0. The van der Waals surface area contributed by atoms with Crippen LogP contribution in [0.5, 0.6) is 5.75 Å². The van der Waals surface area contributed by atoms with Crippen molar-refractivity contribution in [1.29, 1.82) is 0 Å². The third-order valence-electron chi connectivity index (χ3n) is 3.47. The van der Waals surface area contributed by atoms with Gasteiger partial charge in [-0.15, -0.1) is 0 Å². The first-order valence-electron chi connectivity index (χ1n) is 6.43. The van der Waals surface area contributed by atoms with Crippen molar-refractivity contribution in [2.75, 3.05) is 0 Å². The molecule has 0 aliphatic carbocycles. The van der Waals surface area contributed by atoms with Crippen LogP contribution in [0.3, 0.4) is 0 Å². The maximum absolute atomic E-state index is 6.29. The highest BCUT2D eigenvalue weighted by Crippen LogP contribution is 2.40. The molecule has 0 saturated carbocycles. The van der Waals surface area contributed by atoms with Gasteiger partial charge in [0, 0.05) is 6.42 Å². The van der Waals surface area contributed by atoms with E-state index in [1.54, 1.807) is 6.07 Å². The van der Waals surface area contributed by atoms with Gasteiger partial charge < -0.3 is 4.74 Å². The molecule has 1 nitrogen and oxygen atoms in total. The largest absolute Gasteiger partial charge is 0.490 e. The SMILES string of the molecule is CC1Cc2cc(C(Br)c3cccc(Cl)c3Cl)ccc2O1. The van der Waals surface area contributed by atoms with Crippen molar-refractivity contribution in [3.8, 4) is 5.75 Å². The Bertz CT molecular complexity index is 657. The lowest BCUT2D eigenvalue weighted by atomic mass is 10.0. The van der Waals surface area contributed by atoms with Gasteiger partial charge in [0.15, 0.2) is 0 Å². The second-order valence-corrected chi connectivity index (χ2v) is 6.71. The van der Waals surface area contributed by atoms with Gasteiger partial charge in [0.2, 0.25) is 0 Å². The molecule has 4 heteroatoms. The Labute approximate surface area is 137 Å². The van der Waals surface area contributed by atoms with Crippen LogP contribution in [-0.4, -0.2) is 6.10 Å². The van der Waals surface area contributed by atoms with Gasteiger partial charge in [-0.1, -0.05) is 63.4 Å². The lowest BCUT2D eigenvalue weighted by Crippen LogP contribution is -2.05. The highest BCUT2D eigenvalue weighted by Gasteiger charge is 2.22. The predicted molar refractivity (Wildman–Crippen MR) is 87.5 cm³/mol. The molecule has 0 amide bonds. The fourth-order valence-electron chi connectivity index (χ4n) is 2.50. The van der Waals surface area contributed by atoms with E-state index in [1.807, 2.05) is 18.2 Å². The Morgan fingerprint density at radius 3 is 2.85 bits per heavy atom. The van der Waals surface area contributed by atoms with Crippen LogP contribution in [-0.2, 0) is 6.42 Å². The van der Waals surface area contributed by atoms with Crippen LogP contribution < -0.4 is 4.74 Å². The van der Waals surface area contributed by atoms with Gasteiger partial charge in [-0.3, -0.25) is 0 Å². The smallest absolute Gasteiger partial charge is 0.123 e. The molecular weight excluding hydrogens is 359 g/mol. The van der Waals surface area contributed by atoms with Crippen molar-refractivity contribution in [2.45, 2.75) is 24.3 Å². The van der Waals surface area contributed by atoms with Crippen molar-refractivity contribution in [3.05, 3.63) is 63.1 Å². The molecule has 3 rings (SSSR count). The van der Waals surface area contributed by atoms with Gasteiger partial charge in [0.05, 0.1) is 14.9 Å². The number of hydrogen-bond donors (Lipinski definition) is 0. The highest BCUT2D eigenvalue weighted by atomic mass is 79.9. The minimum Gasteiger partial charge on any atom is -0.490 e. The maximum Gasteiger partial charge on any atom is 0.123 e. The van der Waals surface area contributed by atoms with Gasteiger partial charge in [0.1, 0.15) is 11.9 Å². The maximum atomic E-state index is 6.29. The Kier molecular flexibility index (Phi) is 3.98. The second-order valence-electron chi connectivity index (χ2n) is 5.01. The van der Waals surface area contributed by atoms with Gasteiger partial charge in [-0.2, -0.15) is 0 Å². The van der Waals surface area contributed by atoms with Gasteiger partial charge in [0.25, 0.3) is 0 Å². The van der Waals surface area contributed by atoms with Gasteiger partial charge in [-0.05, 0) is 35.7 Å². The summed E-state index contributed by atoms with van der Waals surface area (Å²) < 4.78 is 5.73. The third kappa shape index (κ3) is 2.57. The van der Waals surface area contributed by atoms with Crippen LogP contribution in [0.15, 0.2) is 36.4 Å². The van der Waals surface area contributed by atoms with Crippen molar-refractivity contribution in [2.24, 2.45) is 0 Å². The summed E-state index contributed by atoms with van der Waals surface area (Å²) in [5.74, 6) is 0.984. The summed E-state index contributed by atoms with van der Waals surface area (Å²) in [4.78, 5) is 0.0231. The fourth-order valence-corrected chi connectivity index (χ4v) is 3.71. The molecule has 20 heavy (non-hydrogen) atoms. The van der Waals surface area contributed by atoms with Crippen molar-refractivity contribution < 1.29 is 4.74 Å². The lowest BCUT2D eigenvalue weighted by Gasteiger charge is -2.14. The number of hydrogen-bond acceptors (Lipinski definition) is 1. The standard InChI is InChI=1S/C16H13BrCl2O/c1-9-7-11-8-10(5-6-14(11)20-9)15(17)12-3-2-4-13(18)16(12)19/h2-6,8-9,15H,7H2,1H3. The van der Waals surface area contributed by atoms with Crippen LogP contribution in [0, 0.1) is 0 Å². The zero-order valence-electron chi connectivity index (χ0n) is 10.9. The molecule has 1 aliphatic heterocycles. The molecule has 0 spiro atoms. The minimum atomic E-state index is 0.0231. The molecule has 104 valence electrons. The lowest BCUT2D eigenvalue weighted by molar-refractivity contribution is 0.254. The summed E-state index contributed by atoms with van der Waals surface area (Å²) in [6.07, 6.45) is 1.20. The van der Waals surface area contributed by atoms with E-state index in [4.69, 9.17) is 27.9 Å². The summed E-state index contributed by atoms with van der Waals surface area (Å²) in [5.41, 5.74) is 3.38. The van der Waals surface area contributed by atoms with Crippen LogP contribution >= 0.6 is 39.1 Å². The average Bonchev–Trinajstić information content (AvgIpc) is 2.80. The Morgan fingerprint density at radius 1 is 1.25 bits per heavy atom. The van der Waals surface area contributed by atoms with E-state index in [0.29, 0.717) is 10.0 Å². The van der Waals surface area contributed by atoms with Crippen LogP contribution in [0.4, 0.5) is 0 Å². The first-order chi connectivity index (χ1) is 9.56. The first kappa shape index (κ1) is 14.2. The Balaban J connectivity index is 1.97. The van der Waals surface area contributed by atoms with E-state index in [0.717, 1.165) is 23.3 Å². The molecule has 0 saturated heterocycles. The molecule has 0 aromatic heterocycles. The number of rotatable bonds is 2. The summed E-state index contributed by atoms with van der Waals surface area (Å²) >= 11 is 16.1. The van der Waals surface area contributed by atoms with E-state index < -0.39 is 0 Å². The van der Waals surface area contributed by atoms with Crippen LogP contribution in [0.25, 0.3) is 0 Å². The van der Waals surface area contributed by atoms with E-state index in [1.165, 1.54) is 5.56 Å². The number of benzene rings is 2. The zero-order chi connectivity index (χ0) is 14.3. The van der Waals surface area contributed by atoms with Gasteiger partial charge >= 0.3 is 0 Å². The third-order valence-corrected chi connectivity index (χ3v) is 5.32. The molecule has 2 atom stereocenters. The molecule has 0 fully saturated rings. The predicted octanol–water partition coefficient (Wildman–Crippen LogP) is 5.80. The van der Waals surface area contributed by atoms with E-state index in [9.17, 15) is 0 Å².